The standard InChI is InChI=1S/C16H18FNO4S/c1-21-15-3-2-4-16(11-15)22-10-9-18-23(19,20)12-13-5-7-14(17)8-6-13/h2-8,11,18H,9-10,12H2,1H3. The molecule has 0 aliphatic carbocycles. The molecule has 1 N–H and O–H groups in total. The number of ether oxygens (including phenoxy) is 2. The van der Waals surface area contributed by atoms with E-state index in [0.717, 1.165) is 0 Å². The van der Waals surface area contributed by atoms with Crippen LogP contribution in [0.3, 0.4) is 0 Å². The van der Waals surface area contributed by atoms with Gasteiger partial charge in [0.2, 0.25) is 10.0 Å². The summed E-state index contributed by atoms with van der Waals surface area (Å²) in [7, 11) is -1.93. The van der Waals surface area contributed by atoms with Crippen molar-refractivity contribution in [3.63, 3.8) is 0 Å². The summed E-state index contributed by atoms with van der Waals surface area (Å²) in [5, 5.41) is 0. The highest BCUT2D eigenvalue weighted by Gasteiger charge is 2.11. The van der Waals surface area contributed by atoms with Gasteiger partial charge in [-0.15, -0.1) is 0 Å². The van der Waals surface area contributed by atoms with E-state index in [-0.39, 0.29) is 18.9 Å². The lowest BCUT2D eigenvalue weighted by molar-refractivity contribution is 0.320. The van der Waals surface area contributed by atoms with Crippen molar-refractivity contribution in [1.82, 2.24) is 4.72 Å². The van der Waals surface area contributed by atoms with E-state index in [2.05, 4.69) is 4.72 Å². The molecule has 0 saturated carbocycles. The lowest BCUT2D eigenvalue weighted by atomic mass is 10.2. The minimum absolute atomic E-state index is 0.140. The maximum Gasteiger partial charge on any atom is 0.215 e. The van der Waals surface area contributed by atoms with Gasteiger partial charge in [-0.2, -0.15) is 0 Å². The predicted octanol–water partition coefficient (Wildman–Crippen LogP) is 2.33. The molecule has 0 radical (unpaired) electrons. The first-order chi connectivity index (χ1) is 11.0. The second kappa shape index (κ2) is 7.94. The highest BCUT2D eigenvalue weighted by Crippen LogP contribution is 2.18. The first kappa shape index (κ1) is 17.2. The molecule has 0 amide bonds. The number of methoxy groups -OCH3 is 1. The minimum Gasteiger partial charge on any atom is -0.497 e. The average molecular weight is 339 g/mol. The van der Waals surface area contributed by atoms with E-state index in [1.165, 1.54) is 24.3 Å². The first-order valence-corrected chi connectivity index (χ1v) is 8.62. The van der Waals surface area contributed by atoms with Crippen molar-refractivity contribution >= 4 is 10.0 Å². The van der Waals surface area contributed by atoms with Gasteiger partial charge in [0.05, 0.1) is 12.9 Å². The molecule has 0 fully saturated rings. The molecule has 0 heterocycles. The second-order valence-corrected chi connectivity index (χ2v) is 6.61. The Morgan fingerprint density at radius 2 is 1.78 bits per heavy atom. The highest BCUT2D eigenvalue weighted by molar-refractivity contribution is 7.88. The number of benzene rings is 2. The summed E-state index contributed by atoms with van der Waals surface area (Å²) in [5.41, 5.74) is 0.521. The summed E-state index contributed by atoms with van der Waals surface area (Å²) in [6.07, 6.45) is 0. The Balaban J connectivity index is 1.79. The average Bonchev–Trinajstić information content (AvgIpc) is 2.54. The Labute approximate surface area is 135 Å². The largest absolute Gasteiger partial charge is 0.497 e. The fraction of sp³-hybridized carbons (Fsp3) is 0.250. The molecular formula is C16H18FNO4S. The van der Waals surface area contributed by atoms with Crippen LogP contribution < -0.4 is 14.2 Å². The smallest absolute Gasteiger partial charge is 0.215 e. The van der Waals surface area contributed by atoms with Crippen LogP contribution in [0, 0.1) is 5.82 Å². The Morgan fingerprint density at radius 3 is 2.48 bits per heavy atom. The van der Waals surface area contributed by atoms with Crippen LogP contribution in [0.4, 0.5) is 4.39 Å². The number of halogens is 1. The number of rotatable bonds is 8. The van der Waals surface area contributed by atoms with Crippen LogP contribution in [0.1, 0.15) is 5.56 Å². The van der Waals surface area contributed by atoms with Crippen LogP contribution in [0.15, 0.2) is 48.5 Å². The van der Waals surface area contributed by atoms with Gasteiger partial charge in [-0.25, -0.2) is 17.5 Å². The first-order valence-electron chi connectivity index (χ1n) is 6.97. The zero-order valence-corrected chi connectivity index (χ0v) is 13.5. The molecule has 0 spiro atoms. The van der Waals surface area contributed by atoms with Gasteiger partial charge in [-0.05, 0) is 29.8 Å². The quantitative estimate of drug-likeness (QED) is 0.750. The van der Waals surface area contributed by atoms with E-state index < -0.39 is 15.8 Å². The topological polar surface area (TPSA) is 64.6 Å². The Hall–Kier alpha value is -2.12. The molecule has 2 aromatic carbocycles. The molecule has 0 bridgehead atoms. The molecule has 7 heteroatoms. The van der Waals surface area contributed by atoms with Gasteiger partial charge in [0.15, 0.2) is 0 Å². The van der Waals surface area contributed by atoms with E-state index in [0.29, 0.717) is 17.1 Å². The molecule has 0 saturated heterocycles. The van der Waals surface area contributed by atoms with Crippen molar-refractivity contribution in [2.45, 2.75) is 5.75 Å². The summed E-state index contributed by atoms with van der Waals surface area (Å²) in [4.78, 5) is 0. The monoisotopic (exact) mass is 339 g/mol. The van der Waals surface area contributed by atoms with E-state index in [4.69, 9.17) is 9.47 Å². The molecule has 0 aliphatic heterocycles. The molecule has 0 unspecified atom stereocenters. The van der Waals surface area contributed by atoms with E-state index in [1.54, 1.807) is 31.4 Å². The lowest BCUT2D eigenvalue weighted by Crippen LogP contribution is -2.29. The molecule has 0 aliphatic rings. The molecule has 0 aromatic heterocycles. The lowest BCUT2D eigenvalue weighted by Gasteiger charge is -2.09. The van der Waals surface area contributed by atoms with Crippen molar-refractivity contribution in [1.29, 1.82) is 0 Å². The van der Waals surface area contributed by atoms with Crippen LogP contribution >= 0.6 is 0 Å². The Kier molecular flexibility index (Phi) is 5.95. The van der Waals surface area contributed by atoms with Gasteiger partial charge < -0.3 is 9.47 Å². The molecular weight excluding hydrogens is 321 g/mol. The molecule has 5 nitrogen and oxygen atoms in total. The maximum absolute atomic E-state index is 12.8. The Bertz CT molecular complexity index is 732. The van der Waals surface area contributed by atoms with Crippen LogP contribution in [-0.2, 0) is 15.8 Å². The SMILES string of the molecule is COc1cccc(OCCNS(=O)(=O)Cc2ccc(F)cc2)c1. The van der Waals surface area contributed by atoms with Gasteiger partial charge in [-0.3, -0.25) is 0 Å². The zero-order chi connectivity index (χ0) is 16.7. The van der Waals surface area contributed by atoms with Crippen LogP contribution in [0.25, 0.3) is 0 Å². The molecule has 2 rings (SSSR count). The summed E-state index contributed by atoms with van der Waals surface area (Å²) in [6.45, 7) is 0.330. The predicted molar refractivity (Wildman–Crippen MR) is 85.5 cm³/mol. The second-order valence-electron chi connectivity index (χ2n) is 4.81. The minimum atomic E-state index is -3.49. The third-order valence-corrected chi connectivity index (χ3v) is 4.36. The number of hydrogen-bond donors (Lipinski definition) is 1. The van der Waals surface area contributed by atoms with Crippen molar-refractivity contribution in [2.24, 2.45) is 0 Å². The molecule has 23 heavy (non-hydrogen) atoms. The zero-order valence-electron chi connectivity index (χ0n) is 12.7. The van der Waals surface area contributed by atoms with Crippen molar-refractivity contribution in [3.8, 4) is 11.5 Å². The number of nitrogens with one attached hydrogen (secondary N) is 1. The fourth-order valence-electron chi connectivity index (χ4n) is 1.91. The summed E-state index contributed by atoms with van der Waals surface area (Å²) in [5.74, 6) is 0.666. The van der Waals surface area contributed by atoms with Crippen molar-refractivity contribution in [2.75, 3.05) is 20.3 Å². The van der Waals surface area contributed by atoms with Gasteiger partial charge in [-0.1, -0.05) is 18.2 Å². The van der Waals surface area contributed by atoms with Crippen molar-refractivity contribution in [3.05, 3.63) is 59.9 Å². The Morgan fingerprint density at radius 1 is 1.09 bits per heavy atom. The van der Waals surface area contributed by atoms with Crippen LogP contribution in [-0.4, -0.2) is 28.7 Å². The molecule has 2 aromatic rings. The third-order valence-electron chi connectivity index (χ3n) is 3.00. The summed E-state index contributed by atoms with van der Waals surface area (Å²) < 4.78 is 49.6. The number of hydrogen-bond acceptors (Lipinski definition) is 4. The summed E-state index contributed by atoms with van der Waals surface area (Å²) in [6, 6.07) is 12.4. The fourth-order valence-corrected chi connectivity index (χ4v) is 3.04. The van der Waals surface area contributed by atoms with Crippen LogP contribution in [0.5, 0.6) is 11.5 Å². The summed E-state index contributed by atoms with van der Waals surface area (Å²) >= 11 is 0. The van der Waals surface area contributed by atoms with E-state index in [1.807, 2.05) is 0 Å². The normalized spacial score (nSPS) is 11.2. The van der Waals surface area contributed by atoms with E-state index >= 15 is 0 Å². The highest BCUT2D eigenvalue weighted by atomic mass is 32.2. The van der Waals surface area contributed by atoms with Gasteiger partial charge in [0.25, 0.3) is 0 Å². The number of sulfonamides is 1. The van der Waals surface area contributed by atoms with Gasteiger partial charge >= 0.3 is 0 Å². The molecule has 0 atom stereocenters. The van der Waals surface area contributed by atoms with E-state index in [9.17, 15) is 12.8 Å². The van der Waals surface area contributed by atoms with Crippen molar-refractivity contribution < 1.29 is 22.3 Å². The van der Waals surface area contributed by atoms with Gasteiger partial charge in [0.1, 0.15) is 23.9 Å². The molecule has 124 valence electrons. The van der Waals surface area contributed by atoms with Crippen LogP contribution in [0.2, 0.25) is 0 Å². The third kappa shape index (κ3) is 5.88. The van der Waals surface area contributed by atoms with Gasteiger partial charge in [0, 0.05) is 12.6 Å². The maximum atomic E-state index is 12.8.